The van der Waals surface area contributed by atoms with Gasteiger partial charge in [-0.3, -0.25) is 0 Å². The Hall–Kier alpha value is -5.99. The molecule has 9 heteroatoms. The molecule has 1 heterocycles. The van der Waals surface area contributed by atoms with E-state index in [1.807, 2.05) is 36.4 Å². The highest BCUT2D eigenvalue weighted by Gasteiger charge is 2.34. The minimum absolute atomic E-state index is 0.140. The molecule has 0 saturated carbocycles. The fraction of sp³-hybridized carbons (Fsp3) is 0.0698. The lowest BCUT2D eigenvalue weighted by Crippen LogP contribution is -2.19. The lowest BCUT2D eigenvalue weighted by molar-refractivity contribution is -0.136. The second kappa shape index (κ2) is 13.3. The van der Waals surface area contributed by atoms with Crippen LogP contribution in [-0.4, -0.2) is 11.0 Å². The van der Waals surface area contributed by atoms with Gasteiger partial charge in [-0.1, -0.05) is 96.5 Å². The minimum atomic E-state index is -4.65. The lowest BCUT2D eigenvalue weighted by Gasteiger charge is -2.18. The summed E-state index contributed by atoms with van der Waals surface area (Å²) in [5.74, 6) is -0.615. The highest BCUT2D eigenvalue weighted by molar-refractivity contribution is 6.31. The Morgan fingerprint density at radius 1 is 0.692 bits per heavy atom. The largest absolute Gasteiger partial charge is 0.418 e. The van der Waals surface area contributed by atoms with Gasteiger partial charge in [0.15, 0.2) is 0 Å². The highest BCUT2D eigenvalue weighted by Crippen LogP contribution is 2.45. The van der Waals surface area contributed by atoms with Crippen molar-refractivity contribution >= 4 is 39.9 Å². The lowest BCUT2D eigenvalue weighted by atomic mass is 9.91. The molecule has 2 N–H and O–H groups in total. The molecule has 8 rings (SSSR count). The van der Waals surface area contributed by atoms with E-state index in [0.29, 0.717) is 40.7 Å². The first kappa shape index (κ1) is 33.2. The van der Waals surface area contributed by atoms with Crippen LogP contribution in [0.1, 0.15) is 27.8 Å². The molecular formula is C43H28ClF4N3O. The molecule has 7 aromatic rings. The maximum Gasteiger partial charge on any atom is 0.418 e. The van der Waals surface area contributed by atoms with Gasteiger partial charge in [-0.05, 0) is 106 Å². The van der Waals surface area contributed by atoms with Gasteiger partial charge >= 0.3 is 12.2 Å². The van der Waals surface area contributed by atoms with E-state index in [1.54, 1.807) is 30.3 Å². The van der Waals surface area contributed by atoms with Gasteiger partial charge in [-0.25, -0.2) is 14.2 Å². The average Bonchev–Trinajstić information content (AvgIpc) is 3.51. The van der Waals surface area contributed by atoms with Gasteiger partial charge in [0.05, 0.1) is 21.8 Å². The normalized spacial score (nSPS) is 12.0. The summed E-state index contributed by atoms with van der Waals surface area (Å²) in [5, 5.41) is 5.56. The molecule has 0 atom stereocenters. The average molecular weight is 714 g/mol. The van der Waals surface area contributed by atoms with Crippen LogP contribution in [0.25, 0.3) is 44.4 Å². The Kier molecular flexibility index (Phi) is 8.47. The number of halogens is 5. The quantitative estimate of drug-likeness (QED) is 0.169. The van der Waals surface area contributed by atoms with Gasteiger partial charge in [0, 0.05) is 22.3 Å². The Morgan fingerprint density at radius 2 is 1.42 bits per heavy atom. The molecule has 0 radical (unpaired) electrons. The van der Waals surface area contributed by atoms with E-state index >= 15 is 0 Å². The molecule has 1 aliphatic rings. The van der Waals surface area contributed by atoms with Gasteiger partial charge in [0.25, 0.3) is 0 Å². The standard InChI is InChI=1S/C43H28ClF4N3O/c44-38-23-30(16-17-39(38)45)50-42(52)49-29-12-6-11-27(21-29)33-24-40(51-41-32(33)14-7-15-37(41)43(46,47)48)36-20-26(18-25-8-2-1-3-9-25)19-34-31-13-5-4-10-28(31)22-35(34)36/h1-17,19-21,23-24H,18,22H2,(H2,49,50,52). The van der Waals surface area contributed by atoms with Crippen LogP contribution in [0, 0.1) is 5.82 Å². The van der Waals surface area contributed by atoms with E-state index in [2.05, 4.69) is 47.0 Å². The van der Waals surface area contributed by atoms with Crippen molar-refractivity contribution in [2.45, 2.75) is 19.0 Å². The number of hydrogen-bond acceptors (Lipinski definition) is 2. The molecule has 0 saturated heterocycles. The number of aromatic nitrogens is 1. The number of nitrogens with one attached hydrogen (secondary N) is 2. The molecule has 1 aliphatic carbocycles. The molecule has 0 bridgehead atoms. The summed E-state index contributed by atoms with van der Waals surface area (Å²) in [6.07, 6.45) is -3.39. The summed E-state index contributed by atoms with van der Waals surface area (Å²) in [6, 6.07) is 38.4. The maximum absolute atomic E-state index is 14.6. The molecule has 52 heavy (non-hydrogen) atoms. The third-order valence-corrected chi connectivity index (χ3v) is 9.55. The molecule has 0 spiro atoms. The fourth-order valence-corrected chi connectivity index (χ4v) is 7.12. The number of benzene rings is 6. The van der Waals surface area contributed by atoms with E-state index in [-0.39, 0.29) is 16.2 Å². The smallest absolute Gasteiger partial charge is 0.308 e. The number of rotatable bonds is 6. The third-order valence-electron chi connectivity index (χ3n) is 9.27. The number of alkyl halides is 3. The highest BCUT2D eigenvalue weighted by atomic mass is 35.5. The number of anilines is 2. The Morgan fingerprint density at radius 3 is 2.21 bits per heavy atom. The second-order valence-corrected chi connectivity index (χ2v) is 13.1. The molecule has 256 valence electrons. The van der Waals surface area contributed by atoms with Crippen LogP contribution in [0.4, 0.5) is 33.7 Å². The van der Waals surface area contributed by atoms with E-state index in [1.165, 1.54) is 18.2 Å². The molecule has 0 aliphatic heterocycles. The van der Waals surface area contributed by atoms with Crippen LogP contribution in [0.2, 0.25) is 5.02 Å². The van der Waals surface area contributed by atoms with E-state index in [4.69, 9.17) is 16.6 Å². The Balaban J connectivity index is 1.27. The van der Waals surface area contributed by atoms with Gasteiger partial charge in [0.2, 0.25) is 0 Å². The van der Waals surface area contributed by atoms with Gasteiger partial charge in [0.1, 0.15) is 5.82 Å². The van der Waals surface area contributed by atoms with Crippen molar-refractivity contribution in [2.75, 3.05) is 10.6 Å². The second-order valence-electron chi connectivity index (χ2n) is 12.7. The SMILES string of the molecule is O=C(Nc1cccc(-c2cc(-c3cc(Cc4ccccc4)cc4c3Cc3ccccc3-4)nc3c(C(F)(F)F)cccc23)c1)Nc1ccc(F)c(Cl)c1. The molecular weight excluding hydrogens is 686 g/mol. The van der Waals surface area contributed by atoms with Crippen LogP contribution in [-0.2, 0) is 19.0 Å². The number of hydrogen-bond donors (Lipinski definition) is 2. The minimum Gasteiger partial charge on any atom is -0.308 e. The van der Waals surface area contributed by atoms with Gasteiger partial charge in [-0.15, -0.1) is 0 Å². The van der Waals surface area contributed by atoms with Gasteiger partial charge < -0.3 is 10.6 Å². The predicted molar refractivity (Wildman–Crippen MR) is 199 cm³/mol. The predicted octanol–water partition coefficient (Wildman–Crippen LogP) is 12.2. The van der Waals surface area contributed by atoms with Crippen molar-refractivity contribution in [3.8, 4) is 33.5 Å². The third kappa shape index (κ3) is 6.49. The molecule has 1 aromatic heterocycles. The summed E-state index contributed by atoms with van der Waals surface area (Å²) in [7, 11) is 0. The first-order valence-corrected chi connectivity index (χ1v) is 16.9. The first-order chi connectivity index (χ1) is 25.1. The molecule has 0 fully saturated rings. The first-order valence-electron chi connectivity index (χ1n) is 16.5. The van der Waals surface area contributed by atoms with Crippen molar-refractivity contribution in [3.63, 3.8) is 0 Å². The van der Waals surface area contributed by atoms with Gasteiger partial charge in [-0.2, -0.15) is 13.2 Å². The van der Waals surface area contributed by atoms with Crippen LogP contribution in [0.3, 0.4) is 0 Å². The van der Waals surface area contributed by atoms with Crippen LogP contribution < -0.4 is 10.6 Å². The van der Waals surface area contributed by atoms with Crippen molar-refractivity contribution in [2.24, 2.45) is 0 Å². The van der Waals surface area contributed by atoms with Crippen molar-refractivity contribution in [1.82, 2.24) is 4.98 Å². The zero-order valence-corrected chi connectivity index (χ0v) is 28.1. The number of pyridine rings is 1. The summed E-state index contributed by atoms with van der Waals surface area (Å²) >= 11 is 5.87. The number of amides is 2. The zero-order chi connectivity index (χ0) is 36.0. The maximum atomic E-state index is 14.6. The number of nitrogens with zero attached hydrogens (tertiary/aromatic N) is 1. The van der Waals surface area contributed by atoms with E-state index < -0.39 is 23.6 Å². The van der Waals surface area contributed by atoms with E-state index in [0.717, 1.165) is 51.1 Å². The summed E-state index contributed by atoms with van der Waals surface area (Å²) in [5.41, 5.74) is 8.41. The van der Waals surface area contributed by atoms with Crippen LogP contribution >= 0.6 is 11.6 Å². The fourth-order valence-electron chi connectivity index (χ4n) is 6.94. The zero-order valence-electron chi connectivity index (χ0n) is 27.4. The monoisotopic (exact) mass is 713 g/mol. The number of carbonyl (C=O) groups is 1. The number of para-hydroxylation sites is 1. The summed E-state index contributed by atoms with van der Waals surface area (Å²) in [6.45, 7) is 0. The number of fused-ring (bicyclic) bond motifs is 4. The van der Waals surface area contributed by atoms with Crippen molar-refractivity contribution in [1.29, 1.82) is 0 Å². The molecule has 4 nitrogen and oxygen atoms in total. The Bertz CT molecular complexity index is 2520. The topological polar surface area (TPSA) is 54.0 Å². The summed E-state index contributed by atoms with van der Waals surface area (Å²) in [4.78, 5) is 17.7. The molecule has 0 unspecified atom stereocenters. The Labute approximate surface area is 301 Å². The molecule has 2 amide bonds. The van der Waals surface area contributed by atoms with E-state index in [9.17, 15) is 22.4 Å². The molecule has 6 aromatic carbocycles. The number of urea groups is 1. The van der Waals surface area contributed by atoms with Crippen molar-refractivity contribution in [3.05, 3.63) is 172 Å². The van der Waals surface area contributed by atoms with Crippen LogP contribution in [0.5, 0.6) is 0 Å². The van der Waals surface area contributed by atoms with Crippen molar-refractivity contribution < 1.29 is 22.4 Å². The number of carbonyl (C=O) groups excluding carboxylic acids is 1. The van der Waals surface area contributed by atoms with Crippen LogP contribution in [0.15, 0.2) is 133 Å². The summed E-state index contributed by atoms with van der Waals surface area (Å²) < 4.78 is 57.4.